The van der Waals surface area contributed by atoms with Gasteiger partial charge in [-0.2, -0.15) is 0 Å². The van der Waals surface area contributed by atoms with E-state index in [1.54, 1.807) is 6.92 Å². The van der Waals surface area contributed by atoms with E-state index >= 15 is 0 Å². The van der Waals surface area contributed by atoms with Crippen molar-refractivity contribution in [3.63, 3.8) is 0 Å². The van der Waals surface area contributed by atoms with Gasteiger partial charge in [-0.1, -0.05) is 20.3 Å². The van der Waals surface area contributed by atoms with Crippen molar-refractivity contribution in [1.29, 1.82) is 0 Å². The van der Waals surface area contributed by atoms with Gasteiger partial charge in [0.1, 0.15) is 0 Å². The van der Waals surface area contributed by atoms with Gasteiger partial charge in [0, 0.05) is 7.37 Å². The van der Waals surface area contributed by atoms with Crippen molar-refractivity contribution < 1.29 is 39.0 Å². The van der Waals surface area contributed by atoms with E-state index in [9.17, 15) is 9.46 Å². The Labute approximate surface area is 78.8 Å². The third-order valence-electron chi connectivity index (χ3n) is 1.05. The van der Waals surface area contributed by atoms with E-state index in [0.717, 1.165) is 6.42 Å². The summed E-state index contributed by atoms with van der Waals surface area (Å²) in [6.07, 6.45) is 1.42. The van der Waals surface area contributed by atoms with Crippen molar-refractivity contribution in [3.8, 4) is 0 Å². The van der Waals surface area contributed by atoms with Gasteiger partial charge in [-0.3, -0.25) is 0 Å². The van der Waals surface area contributed by atoms with Crippen LogP contribution < -0.4 is 34.5 Å². The van der Waals surface area contributed by atoms with Gasteiger partial charge in [-0.15, -0.1) is 0 Å². The van der Waals surface area contributed by atoms with E-state index < -0.39 is 7.37 Å². The third kappa shape index (κ3) is 7.08. The first-order valence-corrected chi connectivity index (χ1v) is 4.91. The predicted molar refractivity (Wildman–Crippen MR) is 33.3 cm³/mol. The van der Waals surface area contributed by atoms with Gasteiger partial charge in [-0.05, 0) is 12.3 Å². The molecule has 0 aliphatic heterocycles. The Morgan fingerprint density at radius 2 is 1.89 bits per heavy atom. The Morgan fingerprint density at radius 3 is 2.00 bits per heavy atom. The van der Waals surface area contributed by atoms with Crippen LogP contribution in [-0.2, 0) is 4.57 Å². The molecule has 0 amide bonds. The molecule has 0 fully saturated rings. The van der Waals surface area contributed by atoms with Gasteiger partial charge in [0.15, 0.2) is 0 Å². The summed E-state index contributed by atoms with van der Waals surface area (Å²) in [4.78, 5) is 10.6. The van der Waals surface area contributed by atoms with Gasteiger partial charge >= 0.3 is 29.6 Å². The summed E-state index contributed by atoms with van der Waals surface area (Å²) in [5, 5.41) is 0. The zero-order valence-electron chi connectivity index (χ0n) is 6.39. The van der Waals surface area contributed by atoms with Crippen molar-refractivity contribution in [3.05, 3.63) is 0 Å². The van der Waals surface area contributed by atoms with Crippen LogP contribution in [0.15, 0.2) is 0 Å². The molecule has 0 aliphatic carbocycles. The fourth-order valence-corrected chi connectivity index (χ4v) is 1.50. The molecule has 1 atom stereocenters. The maximum absolute atomic E-state index is 10.6. The molecule has 0 rings (SSSR count). The fourth-order valence-electron chi connectivity index (χ4n) is 0.499. The minimum Gasteiger partial charge on any atom is -0.799 e. The molecule has 0 aromatic carbocycles. The van der Waals surface area contributed by atoms with Gasteiger partial charge in [0.25, 0.3) is 0 Å². The van der Waals surface area contributed by atoms with Crippen LogP contribution in [0.25, 0.3) is 0 Å². The Morgan fingerprint density at radius 1 is 1.44 bits per heavy atom. The minimum atomic E-state index is -2.92. The monoisotopic (exact) mass is 158 g/mol. The van der Waals surface area contributed by atoms with E-state index in [2.05, 4.69) is 0 Å². The molecule has 50 valence electrons. The average Bonchev–Trinajstić information content (AvgIpc) is 1.67. The third-order valence-corrected chi connectivity index (χ3v) is 3.14. The van der Waals surface area contributed by atoms with Crippen LogP contribution in [0.4, 0.5) is 0 Å². The molecule has 0 bridgehead atoms. The van der Waals surface area contributed by atoms with Crippen LogP contribution in [0.1, 0.15) is 20.3 Å². The summed E-state index contributed by atoms with van der Waals surface area (Å²) >= 11 is 0. The molecular weight excluding hydrogens is 146 g/mol. The van der Waals surface area contributed by atoms with E-state index in [0.29, 0.717) is 12.3 Å². The molecule has 0 aromatic rings. The normalized spacial score (nSPS) is 15.9. The first kappa shape index (κ1) is 12.8. The predicted octanol–water partition coefficient (Wildman–Crippen LogP) is -1.94. The van der Waals surface area contributed by atoms with Gasteiger partial charge in [-0.25, -0.2) is 0 Å². The molecule has 4 heteroatoms. The van der Waals surface area contributed by atoms with Crippen molar-refractivity contribution in [2.24, 2.45) is 0 Å². The summed E-state index contributed by atoms with van der Waals surface area (Å²) in [5.74, 6) is 0. The Kier molecular flexibility index (Phi) is 8.46. The Hall–Kier alpha value is 1.19. The SMILES string of the molecule is CCCP(=O)([O-])CC.[Na+]. The molecule has 0 aromatic heterocycles. The zero-order chi connectivity index (χ0) is 6.62. The summed E-state index contributed by atoms with van der Waals surface area (Å²) in [6, 6.07) is 0. The van der Waals surface area contributed by atoms with E-state index in [1.807, 2.05) is 6.92 Å². The maximum Gasteiger partial charge on any atom is 1.00 e. The number of rotatable bonds is 3. The van der Waals surface area contributed by atoms with Crippen molar-refractivity contribution >= 4 is 7.37 Å². The van der Waals surface area contributed by atoms with E-state index in [4.69, 9.17) is 0 Å². The molecular formula is C5H12NaO2P. The summed E-state index contributed by atoms with van der Waals surface area (Å²) in [5.41, 5.74) is 0. The van der Waals surface area contributed by atoms with Gasteiger partial charge in [0.2, 0.25) is 0 Å². The van der Waals surface area contributed by atoms with Crippen LogP contribution in [0.3, 0.4) is 0 Å². The van der Waals surface area contributed by atoms with Crippen LogP contribution in [0.2, 0.25) is 0 Å². The topological polar surface area (TPSA) is 40.1 Å². The maximum atomic E-state index is 10.6. The van der Waals surface area contributed by atoms with Crippen molar-refractivity contribution in [2.45, 2.75) is 20.3 Å². The molecule has 0 N–H and O–H groups in total. The van der Waals surface area contributed by atoms with E-state index in [-0.39, 0.29) is 29.6 Å². The largest absolute Gasteiger partial charge is 1.00 e. The van der Waals surface area contributed by atoms with Crippen LogP contribution in [0, 0.1) is 0 Å². The molecule has 9 heavy (non-hydrogen) atoms. The second kappa shape index (κ2) is 5.94. The summed E-state index contributed by atoms with van der Waals surface area (Å²) in [7, 11) is -2.92. The Balaban J connectivity index is 0. The molecule has 0 radical (unpaired) electrons. The first-order valence-electron chi connectivity index (χ1n) is 2.91. The second-order valence-electron chi connectivity index (χ2n) is 1.85. The van der Waals surface area contributed by atoms with Crippen LogP contribution >= 0.6 is 7.37 Å². The summed E-state index contributed by atoms with van der Waals surface area (Å²) in [6.45, 7) is 3.56. The molecule has 0 saturated carbocycles. The molecule has 1 unspecified atom stereocenters. The van der Waals surface area contributed by atoms with E-state index in [1.165, 1.54) is 0 Å². The minimum absolute atomic E-state index is 0. The standard InChI is InChI=1S/C5H13O2P.Na/c1-3-5-8(6,7)4-2;/h3-5H2,1-2H3,(H,6,7);/q;+1/p-1. The first-order chi connectivity index (χ1) is 3.62. The molecule has 2 nitrogen and oxygen atoms in total. The Bertz CT molecular complexity index is 105. The summed E-state index contributed by atoms with van der Waals surface area (Å²) < 4.78 is 10.6. The van der Waals surface area contributed by atoms with Crippen LogP contribution in [0.5, 0.6) is 0 Å². The van der Waals surface area contributed by atoms with Gasteiger partial charge in [0.05, 0.1) is 0 Å². The van der Waals surface area contributed by atoms with Crippen LogP contribution in [-0.4, -0.2) is 12.3 Å². The second-order valence-corrected chi connectivity index (χ2v) is 4.56. The zero-order valence-corrected chi connectivity index (χ0v) is 9.28. The van der Waals surface area contributed by atoms with Crippen molar-refractivity contribution in [2.75, 3.05) is 12.3 Å². The smallest absolute Gasteiger partial charge is 0.799 e. The number of hydrogen-bond donors (Lipinski definition) is 0. The molecule has 0 saturated heterocycles. The molecule has 0 aliphatic rings. The molecule has 0 heterocycles. The average molecular weight is 158 g/mol. The van der Waals surface area contributed by atoms with Gasteiger partial charge < -0.3 is 9.46 Å². The van der Waals surface area contributed by atoms with Crippen molar-refractivity contribution in [1.82, 2.24) is 0 Å². The number of hydrogen-bond acceptors (Lipinski definition) is 2. The fraction of sp³-hybridized carbons (Fsp3) is 1.00. The quantitative estimate of drug-likeness (QED) is 0.354. The molecule has 0 spiro atoms.